The van der Waals surface area contributed by atoms with Crippen molar-refractivity contribution < 1.29 is 4.74 Å². The van der Waals surface area contributed by atoms with Crippen LogP contribution in [0.2, 0.25) is 0 Å². The Morgan fingerprint density at radius 3 is 2.83 bits per heavy atom. The first kappa shape index (κ1) is 13.6. The second kappa shape index (κ2) is 6.90. The van der Waals surface area contributed by atoms with Crippen molar-refractivity contribution in [1.29, 1.82) is 0 Å². The van der Waals surface area contributed by atoms with Gasteiger partial charge in [-0.25, -0.2) is 0 Å². The van der Waals surface area contributed by atoms with Gasteiger partial charge in [0.2, 0.25) is 0 Å². The van der Waals surface area contributed by atoms with E-state index in [-0.39, 0.29) is 0 Å². The maximum Gasteiger partial charge on any atom is 0.134 e. The number of nitrogen functional groups attached to an aromatic ring is 1. The van der Waals surface area contributed by atoms with Crippen LogP contribution in [0.25, 0.3) is 0 Å². The average Bonchev–Trinajstić information content (AvgIpc) is 2.89. The van der Waals surface area contributed by atoms with E-state index in [0.29, 0.717) is 0 Å². The van der Waals surface area contributed by atoms with Crippen LogP contribution in [-0.2, 0) is 0 Å². The lowest BCUT2D eigenvalue weighted by Gasteiger charge is -2.14. The van der Waals surface area contributed by atoms with Crippen LogP contribution in [0.4, 0.5) is 5.69 Å². The van der Waals surface area contributed by atoms with Crippen molar-refractivity contribution in [3.05, 3.63) is 18.2 Å². The number of hydrogen-bond acceptors (Lipinski definition) is 4. The van der Waals surface area contributed by atoms with E-state index in [9.17, 15) is 0 Å². The minimum atomic E-state index is 0.758. The average molecular weight is 266 g/mol. The van der Waals surface area contributed by atoms with E-state index < -0.39 is 0 Å². The first-order valence-corrected chi connectivity index (χ1v) is 7.57. The van der Waals surface area contributed by atoms with Crippen LogP contribution in [0.5, 0.6) is 5.75 Å². The molecule has 0 spiro atoms. The number of rotatable bonds is 6. The number of nitrogens with two attached hydrogens (primary N) is 1. The largest absolute Gasteiger partial charge is 0.496 e. The normalized spacial score (nSPS) is 16.1. The summed E-state index contributed by atoms with van der Waals surface area (Å²) in [5.74, 6) is 2.03. The Kier molecular flexibility index (Phi) is 5.20. The molecule has 0 aliphatic carbocycles. The van der Waals surface area contributed by atoms with Crippen molar-refractivity contribution >= 4 is 17.4 Å². The lowest BCUT2D eigenvalue weighted by atomic mass is 10.3. The van der Waals surface area contributed by atoms with Gasteiger partial charge < -0.3 is 15.4 Å². The van der Waals surface area contributed by atoms with E-state index in [4.69, 9.17) is 10.5 Å². The highest BCUT2D eigenvalue weighted by Crippen LogP contribution is 2.31. The number of ether oxygens (including phenoxy) is 1. The van der Waals surface area contributed by atoms with Gasteiger partial charge in [0.05, 0.1) is 7.11 Å². The van der Waals surface area contributed by atoms with Crippen LogP contribution in [0.1, 0.15) is 19.3 Å². The summed E-state index contributed by atoms with van der Waals surface area (Å²) in [6, 6.07) is 5.88. The molecule has 1 aliphatic heterocycles. The Labute approximate surface area is 114 Å². The van der Waals surface area contributed by atoms with E-state index >= 15 is 0 Å². The van der Waals surface area contributed by atoms with Gasteiger partial charge >= 0.3 is 0 Å². The third-order valence-electron chi connectivity index (χ3n) is 3.26. The van der Waals surface area contributed by atoms with Crippen molar-refractivity contribution in [2.75, 3.05) is 38.2 Å². The molecule has 1 saturated heterocycles. The Hall–Kier alpha value is -0.870. The highest BCUT2D eigenvalue weighted by molar-refractivity contribution is 7.99. The van der Waals surface area contributed by atoms with Gasteiger partial charge in [-0.2, -0.15) is 0 Å². The number of hydrogen-bond donors (Lipinski definition) is 1. The fourth-order valence-corrected chi connectivity index (χ4v) is 3.22. The minimum Gasteiger partial charge on any atom is -0.496 e. The molecule has 1 heterocycles. The van der Waals surface area contributed by atoms with Gasteiger partial charge in [0.1, 0.15) is 5.75 Å². The number of thioether (sulfide) groups is 1. The molecule has 1 aliphatic rings. The van der Waals surface area contributed by atoms with Crippen LogP contribution >= 0.6 is 11.8 Å². The van der Waals surface area contributed by atoms with Gasteiger partial charge in [-0.1, -0.05) is 0 Å². The summed E-state index contributed by atoms with van der Waals surface area (Å²) < 4.78 is 5.35. The molecule has 0 bridgehead atoms. The summed E-state index contributed by atoms with van der Waals surface area (Å²) >= 11 is 1.86. The van der Waals surface area contributed by atoms with Crippen LogP contribution in [0, 0.1) is 0 Å². The maximum atomic E-state index is 5.74. The predicted octanol–water partition coefficient (Wildman–Crippen LogP) is 2.86. The van der Waals surface area contributed by atoms with E-state index in [1.807, 2.05) is 23.9 Å². The van der Waals surface area contributed by atoms with Gasteiger partial charge in [0.25, 0.3) is 0 Å². The lowest BCUT2D eigenvalue weighted by Crippen LogP contribution is -2.20. The molecule has 3 nitrogen and oxygen atoms in total. The molecule has 0 atom stereocenters. The molecule has 0 amide bonds. The highest BCUT2D eigenvalue weighted by atomic mass is 32.2. The van der Waals surface area contributed by atoms with Crippen molar-refractivity contribution in [2.45, 2.75) is 24.2 Å². The molecule has 0 unspecified atom stereocenters. The van der Waals surface area contributed by atoms with Crippen LogP contribution in [-0.4, -0.2) is 37.4 Å². The minimum absolute atomic E-state index is 0.758. The van der Waals surface area contributed by atoms with Crippen molar-refractivity contribution in [2.24, 2.45) is 0 Å². The van der Waals surface area contributed by atoms with Gasteiger partial charge in [-0.15, -0.1) is 11.8 Å². The molecule has 2 N–H and O–H groups in total. The van der Waals surface area contributed by atoms with E-state index in [0.717, 1.165) is 17.2 Å². The maximum absolute atomic E-state index is 5.74. The van der Waals surface area contributed by atoms with Crippen LogP contribution < -0.4 is 10.5 Å². The molecule has 1 fully saturated rings. The SMILES string of the molecule is COc1cc(N)ccc1SCCCN1CCCC1. The Morgan fingerprint density at radius 1 is 1.33 bits per heavy atom. The first-order valence-electron chi connectivity index (χ1n) is 6.58. The molecule has 0 aromatic heterocycles. The topological polar surface area (TPSA) is 38.5 Å². The molecular weight excluding hydrogens is 244 g/mol. The monoisotopic (exact) mass is 266 g/mol. The third-order valence-corrected chi connectivity index (χ3v) is 4.40. The molecule has 4 heteroatoms. The number of benzene rings is 1. The zero-order valence-corrected chi connectivity index (χ0v) is 11.8. The Balaban J connectivity index is 1.75. The highest BCUT2D eigenvalue weighted by Gasteiger charge is 2.10. The molecule has 1 aromatic carbocycles. The van der Waals surface area contributed by atoms with Crippen molar-refractivity contribution in [3.8, 4) is 5.75 Å². The number of nitrogens with zero attached hydrogens (tertiary/aromatic N) is 1. The summed E-state index contributed by atoms with van der Waals surface area (Å²) in [6.07, 6.45) is 3.98. The van der Waals surface area contributed by atoms with Crippen LogP contribution in [0.3, 0.4) is 0 Å². The molecular formula is C14H22N2OS. The van der Waals surface area contributed by atoms with Gasteiger partial charge in [0.15, 0.2) is 0 Å². The Morgan fingerprint density at radius 2 is 2.11 bits per heavy atom. The molecule has 100 valence electrons. The number of anilines is 1. The first-order chi connectivity index (χ1) is 8.79. The van der Waals surface area contributed by atoms with E-state index in [1.54, 1.807) is 7.11 Å². The van der Waals surface area contributed by atoms with Gasteiger partial charge in [0, 0.05) is 16.6 Å². The summed E-state index contributed by atoms with van der Waals surface area (Å²) in [4.78, 5) is 3.74. The summed E-state index contributed by atoms with van der Waals surface area (Å²) in [5, 5.41) is 0. The van der Waals surface area contributed by atoms with E-state index in [1.165, 1.54) is 43.8 Å². The summed E-state index contributed by atoms with van der Waals surface area (Å²) in [6.45, 7) is 3.80. The van der Waals surface area contributed by atoms with Crippen molar-refractivity contribution in [3.63, 3.8) is 0 Å². The quantitative estimate of drug-likeness (QED) is 0.488. The predicted molar refractivity (Wildman–Crippen MR) is 78.4 cm³/mol. The second-order valence-electron chi connectivity index (χ2n) is 4.66. The third kappa shape index (κ3) is 3.82. The molecule has 0 radical (unpaired) electrons. The molecule has 2 rings (SSSR count). The standard InChI is InChI=1S/C14H22N2OS/c1-17-13-11-12(15)5-6-14(13)18-10-4-9-16-7-2-3-8-16/h5-6,11H,2-4,7-10,15H2,1H3. The lowest BCUT2D eigenvalue weighted by molar-refractivity contribution is 0.341. The second-order valence-corrected chi connectivity index (χ2v) is 5.80. The Bertz CT molecular complexity index is 378. The van der Waals surface area contributed by atoms with E-state index in [2.05, 4.69) is 11.0 Å². The summed E-state index contributed by atoms with van der Waals surface area (Å²) in [5.41, 5.74) is 6.50. The zero-order valence-electron chi connectivity index (χ0n) is 11.0. The molecule has 0 saturated carbocycles. The van der Waals surface area contributed by atoms with Crippen LogP contribution in [0.15, 0.2) is 23.1 Å². The fraction of sp³-hybridized carbons (Fsp3) is 0.571. The van der Waals surface area contributed by atoms with Gasteiger partial charge in [-0.3, -0.25) is 0 Å². The molecule has 18 heavy (non-hydrogen) atoms. The van der Waals surface area contributed by atoms with Gasteiger partial charge in [-0.05, 0) is 56.8 Å². The zero-order chi connectivity index (χ0) is 12.8. The summed E-state index contributed by atoms with van der Waals surface area (Å²) in [7, 11) is 1.70. The number of likely N-dealkylation sites (tertiary alicyclic amines) is 1. The fourth-order valence-electron chi connectivity index (χ4n) is 2.28. The smallest absolute Gasteiger partial charge is 0.134 e. The van der Waals surface area contributed by atoms with Crippen molar-refractivity contribution in [1.82, 2.24) is 4.90 Å². The number of methoxy groups -OCH3 is 1. The molecule has 1 aromatic rings.